The van der Waals surface area contributed by atoms with Crippen LogP contribution in [0, 0.1) is 12.7 Å². The molecule has 3 nitrogen and oxygen atoms in total. The van der Waals surface area contributed by atoms with Crippen molar-refractivity contribution in [1.29, 1.82) is 0 Å². The fourth-order valence-electron chi connectivity index (χ4n) is 1.79. The number of halogens is 1. The minimum absolute atomic E-state index is 0. The van der Waals surface area contributed by atoms with Gasteiger partial charge in [0.05, 0.1) is 6.42 Å². The van der Waals surface area contributed by atoms with Crippen LogP contribution in [-0.4, -0.2) is 11.0 Å². The van der Waals surface area contributed by atoms with Crippen LogP contribution in [0.5, 0.6) is 0 Å². The Morgan fingerprint density at radius 3 is 2.43 bits per heavy atom. The maximum Gasteiger partial charge on any atom is 0.230 e. The number of aryl methyl sites for hydroxylation is 1. The Balaban J connectivity index is 0. The Labute approximate surface area is 144 Å². The van der Waals surface area contributed by atoms with E-state index in [-0.39, 0.29) is 26.1 Å². The van der Waals surface area contributed by atoms with E-state index in [9.17, 15) is 9.18 Å². The van der Waals surface area contributed by atoms with Crippen molar-refractivity contribution < 1.29 is 12.0 Å². The fraction of sp³-hybridized carbons (Fsp3) is 0.222. The normalized spacial score (nSPS) is 9.39. The molecule has 0 atom stereocenters. The fourth-order valence-corrected chi connectivity index (χ4v) is 2.02. The van der Waals surface area contributed by atoms with Crippen LogP contribution in [0.4, 0.5) is 10.1 Å². The van der Waals surface area contributed by atoms with Gasteiger partial charge in [-0.3, -0.25) is 4.79 Å². The first-order valence-electron chi connectivity index (χ1n) is 7.45. The predicted molar refractivity (Wildman–Crippen MR) is 101 cm³/mol. The predicted octanol–water partition coefficient (Wildman–Crippen LogP) is 4.71. The highest BCUT2D eigenvalue weighted by atomic mass is 32.1. The van der Waals surface area contributed by atoms with Gasteiger partial charge in [0.1, 0.15) is 5.82 Å². The lowest BCUT2D eigenvalue weighted by Crippen LogP contribution is -2.35. The van der Waals surface area contributed by atoms with Gasteiger partial charge >= 0.3 is 0 Å². The largest absolute Gasteiger partial charge is 0.332 e. The molecular weight excluding hydrogens is 311 g/mol. The molecule has 23 heavy (non-hydrogen) atoms. The van der Waals surface area contributed by atoms with Gasteiger partial charge in [-0.05, 0) is 42.4 Å². The third-order valence-corrected chi connectivity index (χ3v) is 3.09. The third kappa shape index (κ3) is 6.57. The Kier molecular flexibility index (Phi) is 7.91. The van der Waals surface area contributed by atoms with E-state index in [1.165, 1.54) is 6.07 Å². The van der Waals surface area contributed by atoms with Crippen LogP contribution in [0.3, 0.4) is 0 Å². The molecule has 0 unspecified atom stereocenters. The van der Waals surface area contributed by atoms with Crippen LogP contribution >= 0.6 is 12.2 Å². The first-order valence-corrected chi connectivity index (χ1v) is 7.86. The highest BCUT2D eigenvalue weighted by Crippen LogP contribution is 2.13. The van der Waals surface area contributed by atoms with E-state index in [0.717, 1.165) is 5.56 Å². The average Bonchev–Trinajstić information content (AvgIpc) is 2.53. The van der Waals surface area contributed by atoms with Crippen LogP contribution in [0.2, 0.25) is 0 Å². The molecule has 1 amide bonds. The van der Waals surface area contributed by atoms with Gasteiger partial charge in [0.2, 0.25) is 5.91 Å². The van der Waals surface area contributed by atoms with Crippen molar-refractivity contribution >= 4 is 28.9 Å². The summed E-state index contributed by atoms with van der Waals surface area (Å²) >= 11 is 5.04. The number of anilines is 1. The van der Waals surface area contributed by atoms with Crippen LogP contribution in [0.15, 0.2) is 48.5 Å². The van der Waals surface area contributed by atoms with Gasteiger partial charge in [-0.1, -0.05) is 50.2 Å². The van der Waals surface area contributed by atoms with Crippen LogP contribution in [0.25, 0.3) is 0 Å². The third-order valence-electron chi connectivity index (χ3n) is 2.89. The summed E-state index contributed by atoms with van der Waals surface area (Å²) < 4.78 is 13.4. The highest BCUT2D eigenvalue weighted by Gasteiger charge is 2.07. The summed E-state index contributed by atoms with van der Waals surface area (Å²) in [6, 6.07) is 14.0. The van der Waals surface area contributed by atoms with E-state index in [1.54, 1.807) is 19.1 Å². The summed E-state index contributed by atoms with van der Waals surface area (Å²) in [5.74, 6) is -0.537. The molecule has 2 aromatic rings. The molecule has 0 aliphatic carbocycles. The summed E-state index contributed by atoms with van der Waals surface area (Å²) in [6.07, 6.45) is 0.241. The SMILES string of the molecule is CC.Cc1ccc(NC(=S)NC(=O)Cc2ccccc2)cc1F.[HH].[HH]. The first-order chi connectivity index (χ1) is 11.0. The molecular formula is C18H25FN2OS. The van der Waals surface area contributed by atoms with E-state index >= 15 is 0 Å². The first kappa shape index (κ1) is 18.8. The van der Waals surface area contributed by atoms with E-state index in [1.807, 2.05) is 44.2 Å². The zero-order valence-corrected chi connectivity index (χ0v) is 14.3. The van der Waals surface area contributed by atoms with Crippen molar-refractivity contribution in [3.8, 4) is 0 Å². The molecule has 0 aliphatic heterocycles. The Morgan fingerprint density at radius 2 is 1.83 bits per heavy atom. The van der Waals surface area contributed by atoms with Crippen molar-refractivity contribution in [3.63, 3.8) is 0 Å². The number of benzene rings is 2. The molecule has 0 bridgehead atoms. The molecule has 2 N–H and O–H groups in total. The quantitative estimate of drug-likeness (QED) is 0.798. The number of carbonyl (C=O) groups is 1. The molecule has 0 radical (unpaired) electrons. The molecule has 0 aromatic heterocycles. The van der Waals surface area contributed by atoms with Gasteiger partial charge in [-0.25, -0.2) is 4.39 Å². The lowest BCUT2D eigenvalue weighted by Gasteiger charge is -2.10. The molecule has 5 heteroatoms. The van der Waals surface area contributed by atoms with Gasteiger partial charge in [0.15, 0.2) is 5.11 Å². The summed E-state index contributed by atoms with van der Waals surface area (Å²) in [6.45, 7) is 5.68. The molecule has 0 saturated carbocycles. The molecule has 0 spiro atoms. The number of hydrogen-bond donors (Lipinski definition) is 2. The minimum Gasteiger partial charge on any atom is -0.332 e. The number of nitrogens with one attached hydrogen (secondary N) is 2. The van der Waals surface area contributed by atoms with E-state index in [0.29, 0.717) is 11.3 Å². The summed E-state index contributed by atoms with van der Waals surface area (Å²) in [4.78, 5) is 11.8. The van der Waals surface area contributed by atoms with E-state index in [4.69, 9.17) is 12.2 Å². The van der Waals surface area contributed by atoms with Crippen LogP contribution < -0.4 is 10.6 Å². The number of carbonyl (C=O) groups excluding carboxylic acids is 1. The Morgan fingerprint density at radius 1 is 1.17 bits per heavy atom. The van der Waals surface area contributed by atoms with Gasteiger partial charge in [-0.15, -0.1) is 0 Å². The van der Waals surface area contributed by atoms with Gasteiger partial charge in [0.25, 0.3) is 0 Å². The topological polar surface area (TPSA) is 41.1 Å². The average molecular weight is 336 g/mol. The maximum absolute atomic E-state index is 13.4. The summed E-state index contributed by atoms with van der Waals surface area (Å²) in [5.41, 5.74) is 1.96. The molecule has 2 rings (SSSR count). The Hall–Kier alpha value is -2.27. The van der Waals surface area contributed by atoms with E-state index in [2.05, 4.69) is 10.6 Å². The zero-order chi connectivity index (χ0) is 17.2. The number of rotatable bonds is 3. The lowest BCUT2D eigenvalue weighted by molar-refractivity contribution is -0.119. The highest BCUT2D eigenvalue weighted by molar-refractivity contribution is 7.80. The van der Waals surface area contributed by atoms with E-state index < -0.39 is 0 Å². The molecule has 0 fully saturated rings. The standard InChI is InChI=1S/C16H15FN2OS.C2H6.2H2/c1-11-7-8-13(10-14(11)17)18-16(21)19-15(20)9-12-5-3-2-4-6-12;1-2;;/h2-8,10H,9H2,1H3,(H2,18,19,20,21);1-2H3;2*1H. The Bertz CT molecular complexity index is 669. The monoisotopic (exact) mass is 336 g/mol. The zero-order valence-electron chi connectivity index (χ0n) is 13.5. The van der Waals surface area contributed by atoms with Crippen molar-refractivity contribution in [3.05, 3.63) is 65.5 Å². The smallest absolute Gasteiger partial charge is 0.230 e. The van der Waals surface area contributed by atoms with Gasteiger partial charge in [-0.2, -0.15) is 0 Å². The second-order valence-electron chi connectivity index (χ2n) is 4.63. The second-order valence-corrected chi connectivity index (χ2v) is 5.04. The van der Waals surface area contributed by atoms with Crippen molar-refractivity contribution in [2.24, 2.45) is 0 Å². The molecule has 0 saturated heterocycles. The number of hydrogen-bond acceptors (Lipinski definition) is 2. The molecule has 126 valence electrons. The number of amides is 1. The van der Waals surface area contributed by atoms with Crippen molar-refractivity contribution in [2.75, 3.05) is 5.32 Å². The number of thiocarbonyl (C=S) groups is 1. The van der Waals surface area contributed by atoms with Gasteiger partial charge in [0, 0.05) is 8.54 Å². The maximum atomic E-state index is 13.4. The lowest BCUT2D eigenvalue weighted by atomic mass is 10.1. The molecule has 0 heterocycles. The second kappa shape index (κ2) is 9.69. The summed E-state index contributed by atoms with van der Waals surface area (Å²) in [7, 11) is 0. The van der Waals surface area contributed by atoms with Crippen molar-refractivity contribution in [2.45, 2.75) is 27.2 Å². The van der Waals surface area contributed by atoms with Crippen LogP contribution in [-0.2, 0) is 11.2 Å². The van der Waals surface area contributed by atoms with Gasteiger partial charge < -0.3 is 10.6 Å². The molecule has 0 aliphatic rings. The molecule has 2 aromatic carbocycles. The summed E-state index contributed by atoms with van der Waals surface area (Å²) in [5, 5.41) is 5.51. The van der Waals surface area contributed by atoms with Crippen LogP contribution in [0.1, 0.15) is 27.8 Å². The van der Waals surface area contributed by atoms with Crippen molar-refractivity contribution in [1.82, 2.24) is 5.32 Å². The minimum atomic E-state index is -0.321.